The number of carbonyl (C=O) groups excluding carboxylic acids is 3. The van der Waals surface area contributed by atoms with E-state index in [1.54, 1.807) is 0 Å². The molecule has 0 aliphatic carbocycles. The van der Waals surface area contributed by atoms with Gasteiger partial charge in [-0.05, 0) is 77.6 Å². The Morgan fingerprint density at radius 2 is 1.25 bits per heavy atom. The first-order chi connectivity index (χ1) is 16.8. The quantitative estimate of drug-likeness (QED) is 0.478. The highest BCUT2D eigenvalue weighted by atomic mass is 16.6. The van der Waals surface area contributed by atoms with E-state index in [0.717, 1.165) is 33.6 Å². The van der Waals surface area contributed by atoms with Crippen LogP contribution in [0.3, 0.4) is 0 Å². The molecule has 1 saturated heterocycles. The summed E-state index contributed by atoms with van der Waals surface area (Å²) in [5, 5.41) is 12.1. The van der Waals surface area contributed by atoms with Gasteiger partial charge in [0.1, 0.15) is 24.5 Å². The highest BCUT2D eigenvalue weighted by Crippen LogP contribution is 2.32. The van der Waals surface area contributed by atoms with Crippen molar-refractivity contribution in [2.75, 3.05) is 18.0 Å². The van der Waals surface area contributed by atoms with Crippen LogP contribution in [0.2, 0.25) is 0 Å². The summed E-state index contributed by atoms with van der Waals surface area (Å²) in [5.41, 5.74) is 8.64. The Labute approximate surface area is 212 Å². The molecule has 0 amide bonds. The van der Waals surface area contributed by atoms with Gasteiger partial charge in [-0.1, -0.05) is 35.4 Å². The van der Waals surface area contributed by atoms with Crippen molar-refractivity contribution in [2.45, 2.75) is 67.6 Å². The number of carboxylic acid groups (broad SMARTS) is 1. The highest BCUT2D eigenvalue weighted by Gasteiger charge is 2.37. The molecule has 8 nitrogen and oxygen atoms in total. The van der Waals surface area contributed by atoms with E-state index < -0.39 is 30.1 Å². The second-order valence-corrected chi connectivity index (χ2v) is 9.57. The van der Waals surface area contributed by atoms with Gasteiger partial charge >= 0.3 is 17.8 Å². The van der Waals surface area contributed by atoms with Crippen molar-refractivity contribution in [3.63, 3.8) is 0 Å². The van der Waals surface area contributed by atoms with Gasteiger partial charge < -0.3 is 19.4 Å². The molecule has 2 aromatic carbocycles. The zero-order valence-electron chi connectivity index (χ0n) is 22.2. The van der Waals surface area contributed by atoms with Gasteiger partial charge in [-0.25, -0.2) is 19.1 Å². The van der Waals surface area contributed by atoms with Gasteiger partial charge in [0.15, 0.2) is 18.2 Å². The summed E-state index contributed by atoms with van der Waals surface area (Å²) in [5.74, 6) is -1.87. The van der Waals surface area contributed by atoms with Crippen LogP contribution in [-0.2, 0) is 23.9 Å². The largest absolute Gasteiger partial charge is 0.538 e. The number of rotatable bonds is 3. The van der Waals surface area contributed by atoms with Gasteiger partial charge in [-0.15, -0.1) is 0 Å². The second kappa shape index (κ2) is 10.5. The maximum absolute atomic E-state index is 12.1. The van der Waals surface area contributed by atoms with Crippen molar-refractivity contribution in [1.29, 1.82) is 0 Å². The molecule has 2 aliphatic rings. The predicted molar refractivity (Wildman–Crippen MR) is 135 cm³/mol. The Hall–Kier alpha value is -3.68. The SMILES string of the molecule is CC1OC(=O)C(C)OC1=O.Cc1cc(C)c(N2CC[N+](c3c(C)cc(C)cc3C)=C2C(=O)[O-])c(C)c1. The molecule has 2 aliphatic heterocycles. The van der Waals surface area contributed by atoms with Gasteiger partial charge in [-0.2, -0.15) is 0 Å². The molecule has 0 spiro atoms. The molecule has 2 atom stereocenters. The smallest absolute Gasteiger partial charge is 0.347 e. The fraction of sp³-hybridized carbons (Fsp3) is 0.429. The van der Waals surface area contributed by atoms with Gasteiger partial charge in [-0.3, -0.25) is 0 Å². The zero-order valence-corrected chi connectivity index (χ0v) is 22.2. The molecule has 0 saturated carbocycles. The standard InChI is InChI=1S/C22H26N2O2.C6H8O4/c1-13-9-15(3)19(16(4)10-13)23-7-8-24(21(23)22(25)26)20-17(5)11-14(2)12-18(20)6;1-3-5(7)10-4(2)6(8)9-3/h9-12H,7-8H2,1-6H3;3-4H,1-2H3. The van der Waals surface area contributed by atoms with Crippen molar-refractivity contribution < 1.29 is 33.5 Å². The van der Waals surface area contributed by atoms with Crippen molar-refractivity contribution in [2.24, 2.45) is 0 Å². The average Bonchev–Trinajstić information content (AvgIpc) is 3.16. The number of hydrogen-bond acceptors (Lipinski definition) is 7. The molecule has 2 unspecified atom stereocenters. The molecule has 2 heterocycles. The summed E-state index contributed by atoms with van der Waals surface area (Å²) in [6, 6.07) is 8.39. The van der Waals surface area contributed by atoms with Crippen LogP contribution < -0.4 is 10.0 Å². The Morgan fingerprint density at radius 1 is 0.833 bits per heavy atom. The fourth-order valence-electron chi connectivity index (χ4n) is 5.05. The Bertz CT molecular complexity index is 1200. The number of benzene rings is 2. The molecule has 2 aromatic rings. The van der Waals surface area contributed by atoms with E-state index in [2.05, 4.69) is 47.6 Å². The summed E-state index contributed by atoms with van der Waals surface area (Å²) in [4.78, 5) is 35.3. The van der Waals surface area contributed by atoms with E-state index in [0.29, 0.717) is 13.1 Å². The third-order valence-corrected chi connectivity index (χ3v) is 6.30. The highest BCUT2D eigenvalue weighted by molar-refractivity contribution is 6.37. The van der Waals surface area contributed by atoms with E-state index in [9.17, 15) is 19.5 Å². The number of hydrogen-bond donors (Lipinski definition) is 0. The van der Waals surface area contributed by atoms with Crippen molar-refractivity contribution in [1.82, 2.24) is 0 Å². The minimum Gasteiger partial charge on any atom is -0.538 e. The number of anilines is 1. The van der Waals surface area contributed by atoms with Crippen LogP contribution in [0.1, 0.15) is 47.2 Å². The minimum absolute atomic E-state index is 0.232. The first-order valence-electron chi connectivity index (χ1n) is 12.0. The molecule has 0 N–H and O–H groups in total. The number of nitrogens with zero attached hydrogens (tertiary/aromatic N) is 2. The summed E-state index contributed by atoms with van der Waals surface area (Å²) in [6.07, 6.45) is -1.49. The molecular formula is C28H34N2O6. The molecular weight excluding hydrogens is 460 g/mol. The fourth-order valence-corrected chi connectivity index (χ4v) is 5.05. The Balaban J connectivity index is 0.000000303. The Kier molecular flexibility index (Phi) is 7.86. The summed E-state index contributed by atoms with van der Waals surface area (Å²) < 4.78 is 11.1. The Morgan fingerprint density at radius 3 is 1.67 bits per heavy atom. The second-order valence-electron chi connectivity index (χ2n) is 9.57. The van der Waals surface area contributed by atoms with E-state index in [4.69, 9.17) is 0 Å². The number of carboxylic acids is 1. The first kappa shape index (κ1) is 26.9. The van der Waals surface area contributed by atoms with Gasteiger partial charge in [0.2, 0.25) is 0 Å². The number of cyclic esters (lactones) is 2. The third-order valence-electron chi connectivity index (χ3n) is 6.30. The van der Waals surface area contributed by atoms with E-state index in [1.807, 2.05) is 37.2 Å². The topological polar surface area (TPSA) is 99.0 Å². The lowest BCUT2D eigenvalue weighted by Crippen LogP contribution is -2.44. The van der Waals surface area contributed by atoms with Crippen molar-refractivity contribution in [3.8, 4) is 0 Å². The van der Waals surface area contributed by atoms with E-state index in [-0.39, 0.29) is 5.84 Å². The van der Waals surface area contributed by atoms with Crippen LogP contribution in [0, 0.1) is 41.5 Å². The monoisotopic (exact) mass is 494 g/mol. The third kappa shape index (κ3) is 5.42. The summed E-state index contributed by atoms with van der Waals surface area (Å²) in [7, 11) is 0. The number of ether oxygens (including phenoxy) is 2. The van der Waals surface area contributed by atoms with E-state index >= 15 is 0 Å². The van der Waals surface area contributed by atoms with Gasteiger partial charge in [0, 0.05) is 0 Å². The lowest BCUT2D eigenvalue weighted by molar-refractivity contribution is -0.433. The maximum atomic E-state index is 12.1. The van der Waals surface area contributed by atoms with Crippen molar-refractivity contribution >= 4 is 35.1 Å². The predicted octanol–water partition coefficient (Wildman–Crippen LogP) is 2.71. The molecule has 0 radical (unpaired) electrons. The number of esters is 2. The van der Waals surface area contributed by atoms with Crippen LogP contribution in [-0.4, -0.2) is 53.6 Å². The number of carbonyl (C=O) groups is 3. The van der Waals surface area contributed by atoms with Crippen molar-refractivity contribution in [3.05, 3.63) is 57.6 Å². The first-order valence-corrected chi connectivity index (χ1v) is 12.0. The molecule has 8 heteroatoms. The number of aryl methyl sites for hydroxylation is 6. The molecule has 0 aromatic heterocycles. The molecule has 1 fully saturated rings. The normalized spacial score (nSPS) is 19.5. The summed E-state index contributed by atoms with van der Waals surface area (Å²) >= 11 is 0. The van der Waals surface area contributed by atoms with Crippen LogP contribution >= 0.6 is 0 Å². The zero-order chi connectivity index (χ0) is 26.9. The summed E-state index contributed by atoms with van der Waals surface area (Å²) in [6.45, 7) is 16.5. The number of aliphatic carboxylic acids is 1. The number of amidine groups is 1. The molecule has 0 bridgehead atoms. The lowest BCUT2D eigenvalue weighted by atomic mass is 10.0. The van der Waals surface area contributed by atoms with Crippen LogP contribution in [0.25, 0.3) is 0 Å². The average molecular weight is 495 g/mol. The van der Waals surface area contributed by atoms with E-state index in [1.165, 1.54) is 25.0 Å². The van der Waals surface area contributed by atoms with Crippen LogP contribution in [0.15, 0.2) is 24.3 Å². The minimum atomic E-state index is -1.14. The molecule has 36 heavy (non-hydrogen) atoms. The molecule has 4 rings (SSSR count). The van der Waals surface area contributed by atoms with Crippen LogP contribution in [0.5, 0.6) is 0 Å². The lowest BCUT2D eigenvalue weighted by Gasteiger charge is -2.22. The van der Waals surface area contributed by atoms with Gasteiger partial charge in [0.25, 0.3) is 0 Å². The van der Waals surface area contributed by atoms with Crippen LogP contribution in [0.4, 0.5) is 11.4 Å². The van der Waals surface area contributed by atoms with Gasteiger partial charge in [0.05, 0.1) is 0 Å². The maximum Gasteiger partial charge on any atom is 0.347 e. The molecule has 192 valence electrons.